The third kappa shape index (κ3) is 3.90. The summed E-state index contributed by atoms with van der Waals surface area (Å²) in [6, 6.07) is 12.7. The number of halogens is 1. The van der Waals surface area contributed by atoms with Crippen LogP contribution in [-0.2, 0) is 14.4 Å². The maximum Gasteiger partial charge on any atom is 0.334 e. The topological polar surface area (TPSA) is 96.0 Å². The summed E-state index contributed by atoms with van der Waals surface area (Å²) in [6.45, 7) is -0.606. The summed E-state index contributed by atoms with van der Waals surface area (Å²) in [5, 5.41) is 2.90. The predicted molar refractivity (Wildman–Crippen MR) is 96.5 cm³/mol. The number of anilines is 1. The van der Waals surface area contributed by atoms with Gasteiger partial charge in [0, 0.05) is 12.1 Å². The van der Waals surface area contributed by atoms with Crippen molar-refractivity contribution in [2.45, 2.75) is 0 Å². The molecule has 3 rings (SSSR count). The predicted octanol–water partition coefficient (Wildman–Crippen LogP) is 2.49. The summed E-state index contributed by atoms with van der Waals surface area (Å²) in [7, 11) is 1.17. The van der Waals surface area contributed by atoms with Gasteiger partial charge in [0.15, 0.2) is 5.75 Å². The van der Waals surface area contributed by atoms with Gasteiger partial charge >= 0.3 is 17.8 Å². The largest absolute Gasteiger partial charge is 0.455 e. The number of urea groups is 1. The highest BCUT2D eigenvalue weighted by molar-refractivity contribution is 6.45. The first kappa shape index (κ1) is 18.4. The highest BCUT2D eigenvalue weighted by Crippen LogP contribution is 2.32. The molecule has 0 bridgehead atoms. The molecule has 0 radical (unpaired) electrons. The lowest BCUT2D eigenvalue weighted by atomic mass is 10.2. The highest BCUT2D eigenvalue weighted by Gasteiger charge is 2.43. The third-order valence-electron chi connectivity index (χ3n) is 3.74. The number of nitrogens with one attached hydrogen (secondary N) is 1. The maximum atomic E-state index is 12.3. The zero-order valence-electron chi connectivity index (χ0n) is 14.1. The maximum absolute atomic E-state index is 12.3. The van der Waals surface area contributed by atoms with Crippen LogP contribution in [0.2, 0.25) is 5.02 Å². The zero-order valence-corrected chi connectivity index (χ0v) is 14.9. The SMILES string of the molecule is CN1C(=O)C(=O)N(CC(=O)Nc2cc(Cl)ccc2Oc2ccccc2)C1=O. The van der Waals surface area contributed by atoms with Gasteiger partial charge in [-0.1, -0.05) is 29.8 Å². The molecule has 2 aromatic carbocycles. The molecule has 1 aliphatic rings. The fraction of sp³-hybridized carbons (Fsp3) is 0.111. The summed E-state index contributed by atoms with van der Waals surface area (Å²) in [5.41, 5.74) is 0.259. The number of benzene rings is 2. The van der Waals surface area contributed by atoms with Crippen molar-refractivity contribution in [1.29, 1.82) is 0 Å². The summed E-state index contributed by atoms with van der Waals surface area (Å²) >= 11 is 5.98. The number of likely N-dealkylation sites (N-methyl/N-ethyl adjacent to an activating group) is 1. The fourth-order valence-corrected chi connectivity index (χ4v) is 2.56. The van der Waals surface area contributed by atoms with Gasteiger partial charge in [0.1, 0.15) is 12.3 Å². The Kier molecular flexibility index (Phi) is 5.09. The molecule has 0 unspecified atom stereocenters. The third-order valence-corrected chi connectivity index (χ3v) is 3.97. The van der Waals surface area contributed by atoms with Crippen molar-refractivity contribution < 1.29 is 23.9 Å². The van der Waals surface area contributed by atoms with E-state index in [0.717, 1.165) is 0 Å². The molecule has 138 valence electrons. The molecule has 1 saturated heterocycles. The molecule has 1 aliphatic heterocycles. The fourth-order valence-electron chi connectivity index (χ4n) is 2.39. The molecule has 1 fully saturated rings. The van der Waals surface area contributed by atoms with Crippen LogP contribution in [0.5, 0.6) is 11.5 Å². The van der Waals surface area contributed by atoms with E-state index in [-0.39, 0.29) is 5.69 Å². The number of para-hydroxylation sites is 1. The van der Waals surface area contributed by atoms with Crippen LogP contribution in [-0.4, -0.2) is 47.1 Å². The lowest BCUT2D eigenvalue weighted by Crippen LogP contribution is -2.38. The molecule has 2 aromatic rings. The van der Waals surface area contributed by atoms with Gasteiger partial charge in [-0.25, -0.2) is 9.69 Å². The monoisotopic (exact) mass is 387 g/mol. The second-order valence-electron chi connectivity index (χ2n) is 5.64. The molecule has 27 heavy (non-hydrogen) atoms. The van der Waals surface area contributed by atoms with Crippen LogP contribution >= 0.6 is 11.6 Å². The second kappa shape index (κ2) is 7.46. The average molecular weight is 388 g/mol. The van der Waals surface area contributed by atoms with E-state index in [4.69, 9.17) is 16.3 Å². The minimum atomic E-state index is -1.05. The Morgan fingerprint density at radius 2 is 1.78 bits per heavy atom. The normalized spacial score (nSPS) is 13.9. The number of rotatable bonds is 5. The minimum absolute atomic E-state index is 0.259. The quantitative estimate of drug-likeness (QED) is 0.628. The lowest BCUT2D eigenvalue weighted by molar-refractivity contribution is -0.143. The summed E-state index contributed by atoms with van der Waals surface area (Å²) in [4.78, 5) is 48.7. The van der Waals surface area contributed by atoms with Crippen molar-refractivity contribution in [2.75, 3.05) is 18.9 Å². The molecular formula is C18H14ClN3O5. The van der Waals surface area contributed by atoms with Crippen LogP contribution in [0, 0.1) is 0 Å². The van der Waals surface area contributed by atoms with E-state index >= 15 is 0 Å². The molecule has 0 atom stereocenters. The Morgan fingerprint density at radius 1 is 1.07 bits per heavy atom. The first-order valence-corrected chi connectivity index (χ1v) is 8.20. The van der Waals surface area contributed by atoms with Crippen molar-refractivity contribution >= 4 is 41.0 Å². The van der Waals surface area contributed by atoms with E-state index in [9.17, 15) is 19.2 Å². The van der Waals surface area contributed by atoms with E-state index in [1.54, 1.807) is 36.4 Å². The number of imide groups is 2. The van der Waals surface area contributed by atoms with Gasteiger partial charge in [0.05, 0.1) is 5.69 Å². The van der Waals surface area contributed by atoms with Crippen LogP contribution in [0.4, 0.5) is 10.5 Å². The number of carbonyl (C=O) groups is 4. The van der Waals surface area contributed by atoms with E-state index < -0.39 is 30.3 Å². The molecule has 1 N–H and O–H groups in total. The first-order valence-electron chi connectivity index (χ1n) is 7.82. The van der Waals surface area contributed by atoms with E-state index in [2.05, 4.69) is 5.32 Å². The Hall–Kier alpha value is -3.39. The van der Waals surface area contributed by atoms with Crippen LogP contribution in [0.1, 0.15) is 0 Å². The number of ether oxygens (including phenoxy) is 1. The number of hydrogen-bond acceptors (Lipinski definition) is 5. The van der Waals surface area contributed by atoms with Gasteiger partial charge in [0.2, 0.25) is 5.91 Å². The van der Waals surface area contributed by atoms with E-state index in [1.165, 1.54) is 13.1 Å². The minimum Gasteiger partial charge on any atom is -0.455 e. The molecule has 5 amide bonds. The molecule has 0 aromatic heterocycles. The molecule has 9 heteroatoms. The molecule has 1 heterocycles. The van der Waals surface area contributed by atoms with Gasteiger partial charge in [-0.3, -0.25) is 19.3 Å². The standard InChI is InChI=1S/C18H14ClN3O5/c1-21-16(24)17(25)22(18(21)26)10-15(23)20-13-9-11(19)7-8-14(13)27-12-5-3-2-4-6-12/h2-9H,10H2,1H3,(H,20,23). The van der Waals surface area contributed by atoms with Gasteiger partial charge in [-0.15, -0.1) is 0 Å². The second-order valence-corrected chi connectivity index (χ2v) is 6.08. The summed E-state index contributed by atoms with van der Waals surface area (Å²) in [5.74, 6) is -1.84. The van der Waals surface area contributed by atoms with Crippen LogP contribution < -0.4 is 10.1 Å². The van der Waals surface area contributed by atoms with Crippen LogP contribution in [0.25, 0.3) is 0 Å². The van der Waals surface area contributed by atoms with Crippen molar-refractivity contribution in [2.24, 2.45) is 0 Å². The van der Waals surface area contributed by atoms with Crippen molar-refractivity contribution in [3.63, 3.8) is 0 Å². The molecule has 0 aliphatic carbocycles. The molecule has 0 saturated carbocycles. The number of nitrogens with zero attached hydrogens (tertiary/aromatic N) is 2. The lowest BCUT2D eigenvalue weighted by Gasteiger charge is -2.15. The van der Waals surface area contributed by atoms with E-state index in [0.29, 0.717) is 26.3 Å². The zero-order chi connectivity index (χ0) is 19.6. The Morgan fingerprint density at radius 3 is 2.41 bits per heavy atom. The molecule has 8 nitrogen and oxygen atoms in total. The van der Waals surface area contributed by atoms with Gasteiger partial charge in [-0.2, -0.15) is 0 Å². The van der Waals surface area contributed by atoms with Crippen molar-refractivity contribution in [3.05, 3.63) is 53.6 Å². The van der Waals surface area contributed by atoms with Crippen molar-refractivity contribution in [3.8, 4) is 11.5 Å². The Balaban J connectivity index is 1.76. The highest BCUT2D eigenvalue weighted by atomic mass is 35.5. The van der Waals surface area contributed by atoms with Gasteiger partial charge in [0.25, 0.3) is 0 Å². The number of hydrogen-bond donors (Lipinski definition) is 1. The van der Waals surface area contributed by atoms with E-state index in [1.807, 2.05) is 6.07 Å². The summed E-state index contributed by atoms with van der Waals surface area (Å²) in [6.07, 6.45) is 0. The van der Waals surface area contributed by atoms with Crippen LogP contribution in [0.15, 0.2) is 48.5 Å². The molecule has 0 spiro atoms. The number of amides is 5. The summed E-state index contributed by atoms with van der Waals surface area (Å²) < 4.78 is 5.73. The van der Waals surface area contributed by atoms with Crippen LogP contribution in [0.3, 0.4) is 0 Å². The first-order chi connectivity index (χ1) is 12.9. The van der Waals surface area contributed by atoms with Crippen molar-refractivity contribution in [1.82, 2.24) is 9.80 Å². The average Bonchev–Trinajstić information content (AvgIpc) is 2.83. The van der Waals surface area contributed by atoms with Gasteiger partial charge in [-0.05, 0) is 30.3 Å². The van der Waals surface area contributed by atoms with Gasteiger partial charge < -0.3 is 10.1 Å². The smallest absolute Gasteiger partial charge is 0.334 e. The Bertz CT molecular complexity index is 932. The number of carbonyl (C=O) groups excluding carboxylic acids is 4. The Labute approximate surface area is 159 Å². The molecular weight excluding hydrogens is 374 g/mol.